The van der Waals surface area contributed by atoms with E-state index in [-0.39, 0.29) is 25.7 Å². The number of phosphoric ester groups is 2. The Morgan fingerprint density at radius 3 is 0.676 bits per heavy atom. The summed E-state index contributed by atoms with van der Waals surface area (Å²) in [6.07, 6.45) is 64.2. The molecule has 0 aromatic carbocycles. The van der Waals surface area contributed by atoms with Gasteiger partial charge in [0.2, 0.25) is 0 Å². The van der Waals surface area contributed by atoms with Gasteiger partial charge < -0.3 is 33.8 Å². The van der Waals surface area contributed by atoms with E-state index in [0.717, 1.165) is 114 Å². The van der Waals surface area contributed by atoms with E-state index < -0.39 is 97.5 Å². The predicted octanol–water partition coefficient (Wildman–Crippen LogP) is 25.9. The van der Waals surface area contributed by atoms with Gasteiger partial charge in [0.05, 0.1) is 26.4 Å². The summed E-state index contributed by atoms with van der Waals surface area (Å²) in [7, 11) is -9.93. The van der Waals surface area contributed by atoms with Crippen LogP contribution in [0, 0.1) is 23.7 Å². The fourth-order valence-electron chi connectivity index (χ4n) is 13.3. The molecule has 0 heterocycles. The molecule has 19 heteroatoms. The third kappa shape index (κ3) is 78.5. The maximum absolute atomic E-state index is 13.1. The molecule has 0 fully saturated rings. The van der Waals surface area contributed by atoms with Crippen molar-refractivity contribution in [3.63, 3.8) is 0 Å². The molecule has 0 aliphatic rings. The van der Waals surface area contributed by atoms with Gasteiger partial charge in [-0.2, -0.15) is 0 Å². The number of aliphatic hydroxyl groups excluding tert-OH is 1. The number of phosphoric acid groups is 2. The normalized spacial score (nSPS) is 14.2. The SMILES string of the molecule is CCC(C)CCCCCCCCCCCCCCCCCCCCC(=O)O[C@H](COC(=O)CCCCCCCCC(C)C)COP(=O)(O)OC[C@H](O)COP(=O)(O)OC[C@@H](COC(=O)CCCCCCCCCCCCCCCCCCCCC(C)C)OC(=O)CCCCCCCCCCCCC(C)C. The van der Waals surface area contributed by atoms with Crippen LogP contribution in [0.5, 0.6) is 0 Å². The van der Waals surface area contributed by atoms with Gasteiger partial charge in [0.15, 0.2) is 12.2 Å². The van der Waals surface area contributed by atoms with Gasteiger partial charge in [-0.15, -0.1) is 0 Å². The van der Waals surface area contributed by atoms with Gasteiger partial charge in [0, 0.05) is 25.7 Å². The van der Waals surface area contributed by atoms with Gasteiger partial charge in [0.25, 0.3) is 0 Å². The van der Waals surface area contributed by atoms with Gasteiger partial charge in [-0.25, -0.2) is 9.13 Å². The minimum absolute atomic E-state index is 0.106. The van der Waals surface area contributed by atoms with Crippen LogP contribution in [0.1, 0.15) is 447 Å². The molecule has 17 nitrogen and oxygen atoms in total. The molecule has 0 amide bonds. The summed E-state index contributed by atoms with van der Waals surface area (Å²) in [6.45, 7) is 14.3. The lowest BCUT2D eigenvalue weighted by molar-refractivity contribution is -0.161. The van der Waals surface area contributed by atoms with Crippen molar-refractivity contribution < 1.29 is 80.2 Å². The second kappa shape index (κ2) is 74.8. The Morgan fingerprint density at radius 2 is 0.457 bits per heavy atom. The summed E-state index contributed by atoms with van der Waals surface area (Å²) in [4.78, 5) is 73.1. The van der Waals surface area contributed by atoms with E-state index >= 15 is 0 Å². The van der Waals surface area contributed by atoms with Crippen LogP contribution in [0.3, 0.4) is 0 Å². The van der Waals surface area contributed by atoms with E-state index in [0.29, 0.717) is 31.6 Å². The van der Waals surface area contributed by atoms with Crippen molar-refractivity contribution in [1.29, 1.82) is 0 Å². The van der Waals surface area contributed by atoms with Gasteiger partial charge in [-0.1, -0.05) is 396 Å². The summed E-state index contributed by atoms with van der Waals surface area (Å²) in [6, 6.07) is 0. The lowest BCUT2D eigenvalue weighted by Gasteiger charge is -2.21. The van der Waals surface area contributed by atoms with E-state index in [2.05, 4.69) is 55.4 Å². The number of carbonyl (C=O) groups is 4. The topological polar surface area (TPSA) is 237 Å². The molecule has 0 bridgehead atoms. The third-order valence-corrected chi connectivity index (χ3v) is 22.3. The molecule has 0 spiro atoms. The maximum Gasteiger partial charge on any atom is 0.472 e. The Bertz CT molecular complexity index is 2040. The van der Waals surface area contributed by atoms with E-state index in [9.17, 15) is 43.2 Å². The van der Waals surface area contributed by atoms with Crippen LogP contribution in [0.2, 0.25) is 0 Å². The molecule has 3 N–H and O–H groups in total. The summed E-state index contributed by atoms with van der Waals surface area (Å²) in [5, 5.41) is 10.7. The lowest BCUT2D eigenvalue weighted by atomic mass is 9.99. The number of rotatable bonds is 83. The Morgan fingerprint density at radius 1 is 0.267 bits per heavy atom. The molecule has 6 atom stereocenters. The van der Waals surface area contributed by atoms with Crippen molar-refractivity contribution in [1.82, 2.24) is 0 Å². The number of aliphatic hydroxyl groups is 1. The number of carbonyl (C=O) groups excluding carboxylic acids is 4. The Kier molecular flexibility index (Phi) is 73.4. The molecule has 3 unspecified atom stereocenters. The fraction of sp³-hybridized carbons (Fsp3) is 0.953. The first-order valence-corrected chi connectivity index (χ1v) is 47.2. The van der Waals surface area contributed by atoms with Gasteiger partial charge in [-0.05, 0) is 49.4 Å². The average molecular weight is 1540 g/mol. The standard InChI is InChI=1S/C86H168O17P2/c1-9-79(8)65-57-49-40-34-27-23-19-15-11-13-17-21-25-29-36-42-52-60-68-85(90)103-82(73-97-84(89)67-59-51-45-44-48-56-64-78(6)7)75-101-105(94,95)99-71-80(87)70-98-104(92,93)100-74-81(102-86(91)69-61-53-43-37-31-30-33-39-47-55-63-77(4)5)72-96-83(88)66-58-50-41-35-28-24-20-16-12-10-14-18-22-26-32-38-46-54-62-76(2)3/h76-82,87H,9-75H2,1-8H3,(H,92,93)(H,94,95)/t79?,80-,81-,82-/m1/s1. The van der Waals surface area contributed by atoms with Gasteiger partial charge in [0.1, 0.15) is 19.3 Å². The molecule has 624 valence electrons. The first kappa shape index (κ1) is 103. The van der Waals surface area contributed by atoms with Crippen LogP contribution in [0.4, 0.5) is 0 Å². The Balaban J connectivity index is 5.14. The molecular weight excluding hydrogens is 1370 g/mol. The minimum Gasteiger partial charge on any atom is -0.462 e. The highest BCUT2D eigenvalue weighted by molar-refractivity contribution is 7.47. The second-order valence-electron chi connectivity index (χ2n) is 32.6. The molecule has 105 heavy (non-hydrogen) atoms. The largest absolute Gasteiger partial charge is 0.472 e. The highest BCUT2D eigenvalue weighted by Crippen LogP contribution is 2.45. The third-order valence-electron chi connectivity index (χ3n) is 20.4. The van der Waals surface area contributed by atoms with Crippen molar-refractivity contribution in [2.24, 2.45) is 23.7 Å². The number of hydrogen-bond donors (Lipinski definition) is 3. The van der Waals surface area contributed by atoms with E-state index in [1.165, 1.54) is 244 Å². The molecule has 0 aliphatic carbocycles. The predicted molar refractivity (Wildman–Crippen MR) is 432 cm³/mol. The van der Waals surface area contributed by atoms with Gasteiger partial charge >= 0.3 is 39.5 Å². The quantitative estimate of drug-likeness (QED) is 0.0222. The average Bonchev–Trinajstić information content (AvgIpc) is 0.907. The van der Waals surface area contributed by atoms with Crippen LogP contribution in [-0.2, 0) is 65.4 Å². The van der Waals surface area contributed by atoms with Crippen molar-refractivity contribution in [2.75, 3.05) is 39.6 Å². The number of ether oxygens (including phenoxy) is 4. The molecule has 0 aromatic rings. The van der Waals surface area contributed by atoms with Crippen molar-refractivity contribution in [3.05, 3.63) is 0 Å². The van der Waals surface area contributed by atoms with E-state index in [1.807, 2.05) is 0 Å². The molecule has 0 saturated carbocycles. The van der Waals surface area contributed by atoms with Crippen LogP contribution in [-0.4, -0.2) is 96.7 Å². The Hall–Kier alpha value is -1.94. The van der Waals surface area contributed by atoms with Crippen molar-refractivity contribution in [3.8, 4) is 0 Å². The summed E-state index contributed by atoms with van der Waals surface area (Å²) in [5.41, 5.74) is 0. The summed E-state index contributed by atoms with van der Waals surface area (Å²) in [5.74, 6) is 1.01. The monoisotopic (exact) mass is 1540 g/mol. The smallest absolute Gasteiger partial charge is 0.462 e. The lowest BCUT2D eigenvalue weighted by Crippen LogP contribution is -2.30. The van der Waals surface area contributed by atoms with Crippen LogP contribution in [0.25, 0.3) is 0 Å². The minimum atomic E-state index is -4.96. The fourth-order valence-corrected chi connectivity index (χ4v) is 14.9. The zero-order valence-corrected chi connectivity index (χ0v) is 71.2. The van der Waals surface area contributed by atoms with E-state index in [1.54, 1.807) is 0 Å². The van der Waals surface area contributed by atoms with E-state index in [4.69, 9.17) is 37.0 Å². The summed E-state index contributed by atoms with van der Waals surface area (Å²) < 4.78 is 68.8. The van der Waals surface area contributed by atoms with Gasteiger partial charge in [-0.3, -0.25) is 37.3 Å². The number of esters is 4. The van der Waals surface area contributed by atoms with Crippen molar-refractivity contribution >= 4 is 39.5 Å². The second-order valence-corrected chi connectivity index (χ2v) is 35.5. The van der Waals surface area contributed by atoms with Crippen LogP contribution >= 0.6 is 15.6 Å². The van der Waals surface area contributed by atoms with Crippen molar-refractivity contribution in [2.45, 2.75) is 465 Å². The van der Waals surface area contributed by atoms with Crippen LogP contribution in [0.15, 0.2) is 0 Å². The molecule has 0 radical (unpaired) electrons. The highest BCUT2D eigenvalue weighted by atomic mass is 31.2. The molecule has 0 saturated heterocycles. The zero-order chi connectivity index (χ0) is 77.4. The first-order chi connectivity index (χ1) is 50.6. The number of unbranched alkanes of at least 4 members (excludes halogenated alkanes) is 48. The molecule has 0 aromatic heterocycles. The van der Waals surface area contributed by atoms with Crippen LogP contribution < -0.4 is 0 Å². The highest BCUT2D eigenvalue weighted by Gasteiger charge is 2.31. The maximum atomic E-state index is 13.1. The Labute approximate surface area is 645 Å². The molecule has 0 rings (SSSR count). The first-order valence-electron chi connectivity index (χ1n) is 44.2. The number of hydrogen-bond acceptors (Lipinski definition) is 15. The summed E-state index contributed by atoms with van der Waals surface area (Å²) >= 11 is 0. The molecule has 0 aliphatic heterocycles. The molecular formula is C86H168O17P2. The zero-order valence-electron chi connectivity index (χ0n) is 69.4.